The molecule has 2 aromatic rings. The number of aromatic nitrogens is 2. The molecule has 1 N–H and O–H groups in total. The summed E-state index contributed by atoms with van der Waals surface area (Å²) in [6.07, 6.45) is 7.21. The molecule has 1 unspecified atom stereocenters. The SMILES string of the molecule is CCCNC(Cc1nccn1CC)c1sccc1CC. The Bertz CT molecular complexity index is 515. The first-order valence-corrected chi connectivity index (χ1v) is 8.47. The van der Waals surface area contributed by atoms with Crippen molar-refractivity contribution < 1.29 is 0 Å². The molecule has 0 fully saturated rings. The molecule has 0 aliphatic rings. The summed E-state index contributed by atoms with van der Waals surface area (Å²) in [6, 6.07) is 2.64. The first-order valence-electron chi connectivity index (χ1n) is 7.59. The van der Waals surface area contributed by atoms with Crippen LogP contribution in [0.15, 0.2) is 23.8 Å². The van der Waals surface area contributed by atoms with E-state index in [1.807, 2.05) is 17.5 Å². The Labute approximate surface area is 126 Å². The van der Waals surface area contributed by atoms with Crippen molar-refractivity contribution >= 4 is 11.3 Å². The third-order valence-electron chi connectivity index (χ3n) is 3.65. The predicted octanol–water partition coefficient (Wildman–Crippen LogP) is 3.81. The van der Waals surface area contributed by atoms with Crippen LogP contribution in [0.1, 0.15) is 49.5 Å². The highest BCUT2D eigenvalue weighted by Gasteiger charge is 2.18. The van der Waals surface area contributed by atoms with Gasteiger partial charge in [-0.1, -0.05) is 13.8 Å². The van der Waals surface area contributed by atoms with E-state index in [1.54, 1.807) is 0 Å². The molecule has 4 heteroatoms. The first kappa shape index (κ1) is 15.3. The van der Waals surface area contributed by atoms with Gasteiger partial charge < -0.3 is 9.88 Å². The fourth-order valence-corrected chi connectivity index (χ4v) is 3.60. The van der Waals surface area contributed by atoms with Gasteiger partial charge in [-0.2, -0.15) is 0 Å². The van der Waals surface area contributed by atoms with Crippen molar-refractivity contribution in [1.29, 1.82) is 0 Å². The van der Waals surface area contributed by atoms with Gasteiger partial charge in [-0.3, -0.25) is 0 Å². The van der Waals surface area contributed by atoms with Crippen molar-refractivity contribution in [3.8, 4) is 0 Å². The number of hydrogen-bond donors (Lipinski definition) is 1. The molecule has 0 aromatic carbocycles. The zero-order chi connectivity index (χ0) is 14.4. The van der Waals surface area contributed by atoms with E-state index in [-0.39, 0.29) is 0 Å². The summed E-state index contributed by atoms with van der Waals surface area (Å²) < 4.78 is 2.24. The number of hydrogen-bond acceptors (Lipinski definition) is 3. The summed E-state index contributed by atoms with van der Waals surface area (Å²) in [6.45, 7) is 8.66. The summed E-state index contributed by atoms with van der Waals surface area (Å²) in [5.41, 5.74) is 1.47. The quantitative estimate of drug-likeness (QED) is 0.801. The molecule has 0 bridgehead atoms. The highest BCUT2D eigenvalue weighted by molar-refractivity contribution is 7.10. The Kier molecular flexibility index (Phi) is 5.80. The van der Waals surface area contributed by atoms with Crippen LogP contribution in [0, 0.1) is 0 Å². The standard InChI is InChI=1S/C16H25N3S/c1-4-8-17-14(16-13(5-2)7-11-20-16)12-15-18-9-10-19(15)6-3/h7,9-11,14,17H,4-6,8,12H2,1-3H3. The zero-order valence-corrected chi connectivity index (χ0v) is 13.5. The number of rotatable bonds is 8. The van der Waals surface area contributed by atoms with Crippen LogP contribution in [0.3, 0.4) is 0 Å². The summed E-state index contributed by atoms with van der Waals surface area (Å²) in [5, 5.41) is 5.90. The van der Waals surface area contributed by atoms with E-state index in [0.717, 1.165) is 32.4 Å². The van der Waals surface area contributed by atoms with Crippen LogP contribution in [0.5, 0.6) is 0 Å². The van der Waals surface area contributed by atoms with Crippen molar-refractivity contribution in [3.63, 3.8) is 0 Å². The van der Waals surface area contributed by atoms with Crippen molar-refractivity contribution in [3.05, 3.63) is 40.1 Å². The maximum atomic E-state index is 4.53. The number of nitrogens with zero attached hydrogens (tertiary/aromatic N) is 2. The smallest absolute Gasteiger partial charge is 0.110 e. The highest BCUT2D eigenvalue weighted by Crippen LogP contribution is 2.27. The van der Waals surface area contributed by atoms with Gasteiger partial charge in [-0.25, -0.2) is 4.98 Å². The van der Waals surface area contributed by atoms with Gasteiger partial charge in [0.2, 0.25) is 0 Å². The van der Waals surface area contributed by atoms with Crippen LogP contribution >= 0.6 is 11.3 Å². The van der Waals surface area contributed by atoms with Gasteiger partial charge in [0.25, 0.3) is 0 Å². The summed E-state index contributed by atoms with van der Waals surface area (Å²) in [7, 11) is 0. The lowest BCUT2D eigenvalue weighted by molar-refractivity contribution is 0.510. The average molecular weight is 291 g/mol. The molecule has 2 heterocycles. The molecule has 1 atom stereocenters. The fourth-order valence-electron chi connectivity index (χ4n) is 2.52. The van der Waals surface area contributed by atoms with Crippen LogP contribution in [0.4, 0.5) is 0 Å². The van der Waals surface area contributed by atoms with Crippen LogP contribution in [0.2, 0.25) is 0 Å². The van der Waals surface area contributed by atoms with Gasteiger partial charge in [-0.15, -0.1) is 11.3 Å². The van der Waals surface area contributed by atoms with E-state index in [9.17, 15) is 0 Å². The van der Waals surface area contributed by atoms with E-state index < -0.39 is 0 Å². The van der Waals surface area contributed by atoms with Gasteiger partial charge in [0.1, 0.15) is 5.82 Å². The van der Waals surface area contributed by atoms with Crippen molar-refractivity contribution in [2.45, 2.75) is 52.6 Å². The lowest BCUT2D eigenvalue weighted by Crippen LogP contribution is -2.25. The number of nitrogens with one attached hydrogen (secondary N) is 1. The van der Waals surface area contributed by atoms with Crippen LogP contribution in [-0.2, 0) is 19.4 Å². The topological polar surface area (TPSA) is 29.9 Å². The third kappa shape index (κ3) is 3.49. The minimum Gasteiger partial charge on any atom is -0.335 e. The summed E-state index contributed by atoms with van der Waals surface area (Å²) >= 11 is 1.87. The van der Waals surface area contributed by atoms with E-state index >= 15 is 0 Å². The molecule has 0 aliphatic carbocycles. The van der Waals surface area contributed by atoms with Gasteiger partial charge in [0.15, 0.2) is 0 Å². The Hall–Kier alpha value is -1.13. The minimum atomic E-state index is 0.387. The molecule has 0 amide bonds. The molecule has 110 valence electrons. The molecular formula is C16H25N3S. The first-order chi connectivity index (χ1) is 9.80. The second-order valence-corrected chi connectivity index (χ2v) is 5.95. The predicted molar refractivity (Wildman–Crippen MR) is 86.3 cm³/mol. The van der Waals surface area contributed by atoms with Gasteiger partial charge in [-0.05, 0) is 43.3 Å². The van der Waals surface area contributed by atoms with Crippen LogP contribution in [-0.4, -0.2) is 16.1 Å². The van der Waals surface area contributed by atoms with Crippen molar-refractivity contribution in [2.75, 3.05) is 6.54 Å². The molecule has 0 aliphatic heterocycles. The Balaban J connectivity index is 2.19. The van der Waals surface area contributed by atoms with E-state index in [0.29, 0.717) is 6.04 Å². The molecule has 0 radical (unpaired) electrons. The molecule has 0 saturated heterocycles. The summed E-state index contributed by atoms with van der Waals surface area (Å²) in [4.78, 5) is 6.01. The highest BCUT2D eigenvalue weighted by atomic mass is 32.1. The molecule has 3 nitrogen and oxygen atoms in total. The Morgan fingerprint density at radius 1 is 1.35 bits per heavy atom. The lowest BCUT2D eigenvalue weighted by Gasteiger charge is -2.19. The van der Waals surface area contributed by atoms with Crippen molar-refractivity contribution in [1.82, 2.24) is 14.9 Å². The second kappa shape index (κ2) is 7.60. The van der Waals surface area contributed by atoms with E-state index in [2.05, 4.69) is 53.3 Å². The van der Waals surface area contributed by atoms with Gasteiger partial charge >= 0.3 is 0 Å². The van der Waals surface area contributed by atoms with E-state index in [1.165, 1.54) is 16.3 Å². The van der Waals surface area contributed by atoms with Gasteiger partial charge in [0, 0.05) is 36.3 Å². The maximum absolute atomic E-state index is 4.53. The molecule has 20 heavy (non-hydrogen) atoms. The minimum absolute atomic E-state index is 0.387. The van der Waals surface area contributed by atoms with Crippen LogP contribution in [0.25, 0.3) is 0 Å². The van der Waals surface area contributed by atoms with E-state index in [4.69, 9.17) is 0 Å². The average Bonchev–Trinajstić information content (AvgIpc) is 3.11. The third-order valence-corrected chi connectivity index (χ3v) is 4.72. The van der Waals surface area contributed by atoms with Gasteiger partial charge in [0.05, 0.1) is 0 Å². The zero-order valence-electron chi connectivity index (χ0n) is 12.7. The maximum Gasteiger partial charge on any atom is 0.110 e. The molecule has 2 aromatic heterocycles. The fraction of sp³-hybridized carbons (Fsp3) is 0.562. The number of thiophene rings is 1. The Morgan fingerprint density at radius 2 is 2.20 bits per heavy atom. The summed E-state index contributed by atoms with van der Waals surface area (Å²) in [5.74, 6) is 1.18. The molecule has 0 saturated carbocycles. The molecular weight excluding hydrogens is 266 g/mol. The normalized spacial score (nSPS) is 12.8. The largest absolute Gasteiger partial charge is 0.335 e. The van der Waals surface area contributed by atoms with Crippen molar-refractivity contribution in [2.24, 2.45) is 0 Å². The Morgan fingerprint density at radius 3 is 2.90 bits per heavy atom. The number of aryl methyl sites for hydroxylation is 2. The lowest BCUT2D eigenvalue weighted by atomic mass is 10.1. The number of imidazole rings is 1. The second-order valence-electron chi connectivity index (χ2n) is 5.00. The van der Waals surface area contributed by atoms with Crippen LogP contribution < -0.4 is 5.32 Å². The molecule has 0 spiro atoms. The molecule has 2 rings (SSSR count). The monoisotopic (exact) mass is 291 g/mol.